The highest BCUT2D eigenvalue weighted by Gasteiger charge is 2.35. The number of carbonyl (C=O) groups is 2. The van der Waals surface area contributed by atoms with Crippen molar-refractivity contribution < 1.29 is 22.4 Å². The number of nitrogens with zero attached hydrogens (tertiary/aromatic N) is 2. The van der Waals surface area contributed by atoms with Gasteiger partial charge in [0.05, 0.1) is 10.6 Å². The average molecular weight is 664 g/mol. The van der Waals surface area contributed by atoms with Crippen molar-refractivity contribution in [3.8, 4) is 0 Å². The van der Waals surface area contributed by atoms with Gasteiger partial charge in [0.2, 0.25) is 11.8 Å². The van der Waals surface area contributed by atoms with Crippen molar-refractivity contribution in [1.29, 1.82) is 0 Å². The Morgan fingerprint density at radius 1 is 0.891 bits per heavy atom. The Hall–Kier alpha value is -4.21. The first-order valence-electron chi connectivity index (χ1n) is 15.2. The van der Waals surface area contributed by atoms with Gasteiger partial charge in [-0.25, -0.2) is 12.8 Å². The lowest BCUT2D eigenvalue weighted by Gasteiger charge is -2.34. The van der Waals surface area contributed by atoms with E-state index in [1.807, 2.05) is 44.2 Å². The second kappa shape index (κ2) is 15.9. The second-order valence-corrected chi connectivity index (χ2v) is 13.6. The maximum Gasteiger partial charge on any atom is 0.264 e. The lowest BCUT2D eigenvalue weighted by molar-refractivity contribution is -0.140. The Kier molecular flexibility index (Phi) is 12.0. The molecule has 0 saturated heterocycles. The van der Waals surface area contributed by atoms with Gasteiger partial charge in [0.1, 0.15) is 18.4 Å². The van der Waals surface area contributed by atoms with Crippen molar-refractivity contribution >= 4 is 39.1 Å². The fraction of sp³-hybridized carbons (Fsp3) is 0.278. The molecule has 0 aliphatic rings. The van der Waals surface area contributed by atoms with Gasteiger partial charge in [-0.15, -0.1) is 0 Å². The van der Waals surface area contributed by atoms with Crippen LogP contribution in [0.25, 0.3) is 0 Å². The fourth-order valence-electron chi connectivity index (χ4n) is 5.05. The van der Waals surface area contributed by atoms with Gasteiger partial charge in [-0.3, -0.25) is 13.9 Å². The molecule has 0 bridgehead atoms. The van der Waals surface area contributed by atoms with E-state index in [1.165, 1.54) is 35.2 Å². The van der Waals surface area contributed by atoms with Crippen LogP contribution in [0.1, 0.15) is 42.0 Å². The molecule has 0 unspecified atom stereocenters. The van der Waals surface area contributed by atoms with E-state index in [0.29, 0.717) is 22.7 Å². The van der Waals surface area contributed by atoms with E-state index in [-0.39, 0.29) is 29.5 Å². The Balaban J connectivity index is 1.81. The van der Waals surface area contributed by atoms with Crippen molar-refractivity contribution in [1.82, 2.24) is 10.2 Å². The van der Waals surface area contributed by atoms with Crippen molar-refractivity contribution in [3.05, 3.63) is 130 Å². The molecule has 0 saturated carbocycles. The van der Waals surface area contributed by atoms with E-state index in [0.717, 1.165) is 28.3 Å². The molecule has 0 aliphatic heterocycles. The number of hydrogen-bond donors (Lipinski definition) is 1. The van der Waals surface area contributed by atoms with Crippen LogP contribution in [0.4, 0.5) is 10.1 Å². The Morgan fingerprint density at radius 2 is 1.57 bits per heavy atom. The highest BCUT2D eigenvalue weighted by atomic mass is 35.5. The zero-order chi connectivity index (χ0) is 33.3. The Labute approximate surface area is 276 Å². The molecule has 4 aromatic rings. The van der Waals surface area contributed by atoms with E-state index < -0.39 is 34.3 Å². The normalized spacial score (nSPS) is 11.9. The Morgan fingerprint density at radius 3 is 2.22 bits per heavy atom. The first kappa shape index (κ1) is 34.7. The topological polar surface area (TPSA) is 86.8 Å². The smallest absolute Gasteiger partial charge is 0.264 e. The standard InChI is InChI=1S/C36H39ClFN3O4S/c1-4-5-21-39-36(43)34(22-28-9-7-6-8-10-28)40(24-29-14-17-31(38)18-15-29)35(42)25-41(33-23-30(37)16-13-27(33)3)46(44,45)32-19-11-26(2)12-20-32/h6-20,23,34H,4-5,21-22,24-25H2,1-3H3,(H,39,43)/t34-/m0/s1. The molecule has 7 nitrogen and oxygen atoms in total. The molecule has 1 atom stereocenters. The summed E-state index contributed by atoms with van der Waals surface area (Å²) in [5.74, 6) is -1.41. The molecule has 0 aliphatic carbocycles. The number of benzene rings is 4. The van der Waals surface area contributed by atoms with Crippen LogP contribution in [-0.4, -0.2) is 44.3 Å². The van der Waals surface area contributed by atoms with E-state index in [2.05, 4.69) is 5.32 Å². The molecule has 0 radical (unpaired) electrons. The summed E-state index contributed by atoms with van der Waals surface area (Å²) >= 11 is 6.34. The number of hydrogen-bond acceptors (Lipinski definition) is 4. The molecule has 1 N–H and O–H groups in total. The van der Waals surface area contributed by atoms with Crippen LogP contribution in [0, 0.1) is 19.7 Å². The molecule has 0 aromatic heterocycles. The van der Waals surface area contributed by atoms with E-state index in [4.69, 9.17) is 11.6 Å². The lowest BCUT2D eigenvalue weighted by atomic mass is 10.0. The first-order chi connectivity index (χ1) is 22.0. The summed E-state index contributed by atoms with van der Waals surface area (Å²) in [6.07, 6.45) is 1.81. The van der Waals surface area contributed by atoms with E-state index >= 15 is 0 Å². The van der Waals surface area contributed by atoms with E-state index in [1.54, 1.807) is 43.3 Å². The van der Waals surface area contributed by atoms with Gasteiger partial charge in [-0.05, 0) is 73.4 Å². The summed E-state index contributed by atoms with van der Waals surface area (Å²) in [5.41, 5.74) is 3.13. The molecule has 4 aromatic carbocycles. The minimum absolute atomic E-state index is 0.00787. The van der Waals surface area contributed by atoms with Crippen molar-refractivity contribution in [3.63, 3.8) is 0 Å². The average Bonchev–Trinajstić information content (AvgIpc) is 3.04. The van der Waals surface area contributed by atoms with Crippen LogP contribution in [0.15, 0.2) is 102 Å². The highest BCUT2D eigenvalue weighted by Crippen LogP contribution is 2.30. The van der Waals surface area contributed by atoms with Crippen LogP contribution in [0.3, 0.4) is 0 Å². The number of halogens is 2. The lowest BCUT2D eigenvalue weighted by Crippen LogP contribution is -2.53. The first-order valence-corrected chi connectivity index (χ1v) is 17.0. The van der Waals surface area contributed by atoms with Crippen LogP contribution in [-0.2, 0) is 32.6 Å². The second-order valence-electron chi connectivity index (χ2n) is 11.3. The van der Waals surface area contributed by atoms with Crippen LogP contribution in [0.5, 0.6) is 0 Å². The summed E-state index contributed by atoms with van der Waals surface area (Å²) in [5, 5.41) is 3.26. The molecule has 0 fully saturated rings. The van der Waals surface area contributed by atoms with Gasteiger partial charge < -0.3 is 10.2 Å². The number of unbranched alkanes of at least 4 members (excludes halogenated alkanes) is 1. The number of amides is 2. The van der Waals surface area contributed by atoms with Crippen molar-refractivity contribution in [2.45, 2.75) is 57.5 Å². The minimum Gasteiger partial charge on any atom is -0.354 e. The summed E-state index contributed by atoms with van der Waals surface area (Å²) in [7, 11) is -4.26. The number of carbonyl (C=O) groups excluding carboxylic acids is 2. The van der Waals surface area contributed by atoms with Gasteiger partial charge >= 0.3 is 0 Å². The summed E-state index contributed by atoms with van der Waals surface area (Å²) in [6, 6.07) is 25.2. The zero-order valence-electron chi connectivity index (χ0n) is 26.2. The van der Waals surface area contributed by atoms with Gasteiger partial charge in [-0.2, -0.15) is 0 Å². The van der Waals surface area contributed by atoms with Gasteiger partial charge in [0, 0.05) is 24.5 Å². The molecule has 46 heavy (non-hydrogen) atoms. The molecule has 242 valence electrons. The Bertz CT molecular complexity index is 1730. The molecule has 0 heterocycles. The molecule has 2 amide bonds. The van der Waals surface area contributed by atoms with Crippen LogP contribution < -0.4 is 9.62 Å². The number of aryl methyl sites for hydroxylation is 2. The summed E-state index contributed by atoms with van der Waals surface area (Å²) in [6.45, 7) is 5.37. The molecule has 10 heteroatoms. The molecular weight excluding hydrogens is 625 g/mol. The summed E-state index contributed by atoms with van der Waals surface area (Å²) < 4.78 is 43.3. The predicted octanol–water partition coefficient (Wildman–Crippen LogP) is 6.85. The maximum atomic E-state index is 14.5. The number of sulfonamides is 1. The molecule has 4 rings (SSSR count). The van der Waals surface area contributed by atoms with Crippen molar-refractivity contribution in [2.24, 2.45) is 0 Å². The SMILES string of the molecule is CCCCNC(=O)[C@H](Cc1ccccc1)N(Cc1ccc(F)cc1)C(=O)CN(c1cc(Cl)ccc1C)S(=O)(=O)c1ccc(C)cc1. The molecule has 0 spiro atoms. The van der Waals surface area contributed by atoms with Crippen molar-refractivity contribution in [2.75, 3.05) is 17.4 Å². The van der Waals surface area contributed by atoms with Crippen LogP contribution >= 0.6 is 11.6 Å². The van der Waals surface area contributed by atoms with Gasteiger partial charge in [-0.1, -0.05) is 91.2 Å². The third-order valence-electron chi connectivity index (χ3n) is 7.69. The van der Waals surface area contributed by atoms with Gasteiger partial charge in [0.25, 0.3) is 10.0 Å². The largest absolute Gasteiger partial charge is 0.354 e. The molecular formula is C36H39ClFN3O4S. The van der Waals surface area contributed by atoms with E-state index in [9.17, 15) is 22.4 Å². The third kappa shape index (κ3) is 8.95. The minimum atomic E-state index is -4.26. The summed E-state index contributed by atoms with van der Waals surface area (Å²) in [4.78, 5) is 29.7. The highest BCUT2D eigenvalue weighted by molar-refractivity contribution is 7.92. The number of anilines is 1. The predicted molar refractivity (Wildman–Crippen MR) is 181 cm³/mol. The fourth-order valence-corrected chi connectivity index (χ4v) is 6.69. The quantitative estimate of drug-likeness (QED) is 0.150. The number of nitrogens with one attached hydrogen (secondary N) is 1. The third-order valence-corrected chi connectivity index (χ3v) is 9.70. The monoisotopic (exact) mass is 663 g/mol. The zero-order valence-corrected chi connectivity index (χ0v) is 27.8. The van der Waals surface area contributed by atoms with Gasteiger partial charge in [0.15, 0.2) is 0 Å². The number of rotatable bonds is 14. The maximum absolute atomic E-state index is 14.5. The van der Waals surface area contributed by atoms with Crippen LogP contribution in [0.2, 0.25) is 5.02 Å².